The zero-order chi connectivity index (χ0) is 14.8. The van der Waals surface area contributed by atoms with Crippen molar-refractivity contribution in [3.8, 4) is 0 Å². The standard InChI is InChI=1S/C15H20N2O3/c16-13(15(19)20)10-6-7-11-17-14(18)12-8-4-2-1-3-5-9-12/h1-5,8-9,13H,6-7,10-11,16H2,(H,17,18)(H,19,20)/b2-1-,3-1?,4-2?,5-3-,8-4?,9-5?,12-8?,12-9?. The van der Waals surface area contributed by atoms with Gasteiger partial charge in [0.15, 0.2) is 0 Å². The molecule has 1 unspecified atom stereocenters. The summed E-state index contributed by atoms with van der Waals surface area (Å²) in [6.07, 6.45) is 14.5. The number of aliphatic carboxylic acids is 1. The molecular weight excluding hydrogens is 256 g/mol. The van der Waals surface area contributed by atoms with E-state index in [4.69, 9.17) is 10.8 Å². The van der Waals surface area contributed by atoms with Gasteiger partial charge in [-0.15, -0.1) is 0 Å². The van der Waals surface area contributed by atoms with Crippen LogP contribution < -0.4 is 11.1 Å². The maximum Gasteiger partial charge on any atom is 0.320 e. The lowest BCUT2D eigenvalue weighted by Gasteiger charge is -2.07. The topological polar surface area (TPSA) is 92.4 Å². The van der Waals surface area contributed by atoms with Crippen molar-refractivity contribution in [3.63, 3.8) is 0 Å². The molecule has 0 aromatic heterocycles. The second-order valence-corrected chi connectivity index (χ2v) is 4.45. The van der Waals surface area contributed by atoms with Crippen molar-refractivity contribution in [1.29, 1.82) is 0 Å². The molecule has 0 bridgehead atoms. The molecule has 0 aromatic rings. The molecule has 0 aromatic carbocycles. The molecule has 0 fully saturated rings. The largest absolute Gasteiger partial charge is 0.480 e. The van der Waals surface area contributed by atoms with E-state index >= 15 is 0 Å². The SMILES string of the molecule is NC(CCCCNC(=O)C1=C/C=C\C=C/C=C1)C(=O)O. The molecule has 1 atom stereocenters. The van der Waals surface area contributed by atoms with Gasteiger partial charge in [0.2, 0.25) is 0 Å². The normalized spacial score (nSPS) is 18.4. The number of allylic oxidation sites excluding steroid dienone is 6. The Bertz CT molecular complexity index is 462. The van der Waals surface area contributed by atoms with E-state index in [0.717, 1.165) is 0 Å². The first-order chi connectivity index (χ1) is 9.61. The first kappa shape index (κ1) is 15.9. The Kier molecular flexibility index (Phi) is 7.06. The van der Waals surface area contributed by atoms with Crippen molar-refractivity contribution >= 4 is 11.9 Å². The van der Waals surface area contributed by atoms with Crippen LogP contribution in [0.4, 0.5) is 0 Å². The van der Waals surface area contributed by atoms with E-state index < -0.39 is 12.0 Å². The molecule has 0 radical (unpaired) electrons. The van der Waals surface area contributed by atoms with Crippen LogP contribution in [-0.4, -0.2) is 29.6 Å². The van der Waals surface area contributed by atoms with Gasteiger partial charge >= 0.3 is 5.97 Å². The van der Waals surface area contributed by atoms with Crippen molar-refractivity contribution < 1.29 is 14.7 Å². The van der Waals surface area contributed by atoms with E-state index in [2.05, 4.69) is 5.32 Å². The average molecular weight is 276 g/mol. The van der Waals surface area contributed by atoms with Crippen molar-refractivity contribution in [1.82, 2.24) is 5.32 Å². The summed E-state index contributed by atoms with van der Waals surface area (Å²) in [5.74, 6) is -1.12. The van der Waals surface area contributed by atoms with Crippen LogP contribution >= 0.6 is 0 Å². The highest BCUT2D eigenvalue weighted by molar-refractivity contribution is 5.96. The predicted octanol–water partition coefficient (Wildman–Crippen LogP) is 1.29. The molecule has 0 spiro atoms. The summed E-state index contributed by atoms with van der Waals surface area (Å²) in [6, 6.07) is -0.820. The predicted molar refractivity (Wildman–Crippen MR) is 78.0 cm³/mol. The Morgan fingerprint density at radius 1 is 1.15 bits per heavy atom. The van der Waals surface area contributed by atoms with Crippen molar-refractivity contribution in [3.05, 3.63) is 48.1 Å². The van der Waals surface area contributed by atoms with Gasteiger partial charge in [-0.2, -0.15) is 0 Å². The molecule has 108 valence electrons. The van der Waals surface area contributed by atoms with Gasteiger partial charge in [0.1, 0.15) is 6.04 Å². The lowest BCUT2D eigenvalue weighted by atomic mass is 10.1. The third kappa shape index (κ3) is 6.15. The van der Waals surface area contributed by atoms with Gasteiger partial charge in [0.25, 0.3) is 5.91 Å². The molecule has 5 nitrogen and oxygen atoms in total. The lowest BCUT2D eigenvalue weighted by molar-refractivity contribution is -0.138. The minimum absolute atomic E-state index is 0.135. The van der Waals surface area contributed by atoms with Gasteiger partial charge in [-0.3, -0.25) is 9.59 Å². The van der Waals surface area contributed by atoms with Gasteiger partial charge in [0.05, 0.1) is 0 Å². The molecule has 5 heteroatoms. The number of nitrogens with one attached hydrogen (secondary N) is 1. The number of carbonyl (C=O) groups excluding carboxylic acids is 1. The number of hydrogen-bond donors (Lipinski definition) is 3. The van der Waals surface area contributed by atoms with Gasteiger partial charge in [-0.1, -0.05) is 30.4 Å². The van der Waals surface area contributed by atoms with Crippen LogP contribution in [0.25, 0.3) is 0 Å². The average Bonchev–Trinajstić information content (AvgIpc) is 2.37. The highest BCUT2D eigenvalue weighted by Crippen LogP contribution is 2.03. The highest BCUT2D eigenvalue weighted by atomic mass is 16.4. The van der Waals surface area contributed by atoms with Crippen LogP contribution in [0.3, 0.4) is 0 Å². The monoisotopic (exact) mass is 276 g/mol. The van der Waals surface area contributed by atoms with Crippen molar-refractivity contribution in [2.45, 2.75) is 25.3 Å². The quantitative estimate of drug-likeness (QED) is 0.611. The zero-order valence-corrected chi connectivity index (χ0v) is 11.3. The van der Waals surface area contributed by atoms with Crippen LogP contribution in [0.15, 0.2) is 48.1 Å². The van der Waals surface area contributed by atoms with Crippen LogP contribution in [0.5, 0.6) is 0 Å². The number of hydrogen-bond acceptors (Lipinski definition) is 3. The van der Waals surface area contributed by atoms with E-state index in [1.165, 1.54) is 0 Å². The number of amides is 1. The summed E-state index contributed by atoms with van der Waals surface area (Å²) in [7, 11) is 0. The molecule has 1 amide bonds. The molecule has 20 heavy (non-hydrogen) atoms. The minimum atomic E-state index is -0.987. The minimum Gasteiger partial charge on any atom is -0.480 e. The summed E-state index contributed by atoms with van der Waals surface area (Å²) in [5.41, 5.74) is 5.98. The first-order valence-corrected chi connectivity index (χ1v) is 6.59. The van der Waals surface area contributed by atoms with E-state index in [0.29, 0.717) is 31.4 Å². The summed E-state index contributed by atoms with van der Waals surface area (Å²) >= 11 is 0. The van der Waals surface area contributed by atoms with Crippen LogP contribution in [0.2, 0.25) is 0 Å². The molecule has 1 aliphatic carbocycles. The summed E-state index contributed by atoms with van der Waals surface area (Å²) in [6.45, 7) is 0.510. The van der Waals surface area contributed by atoms with Gasteiger partial charge < -0.3 is 16.2 Å². The highest BCUT2D eigenvalue weighted by Gasteiger charge is 2.10. The third-order valence-electron chi connectivity index (χ3n) is 2.80. The van der Waals surface area contributed by atoms with E-state index in [9.17, 15) is 9.59 Å². The fraction of sp³-hybridized carbons (Fsp3) is 0.333. The molecule has 1 aliphatic rings. The second kappa shape index (κ2) is 8.87. The fourth-order valence-corrected chi connectivity index (χ4v) is 1.63. The molecule has 0 saturated heterocycles. The zero-order valence-electron chi connectivity index (χ0n) is 11.3. The number of rotatable bonds is 7. The second-order valence-electron chi connectivity index (χ2n) is 4.45. The molecule has 0 aliphatic heterocycles. The Hall–Kier alpha value is -2.14. The smallest absolute Gasteiger partial charge is 0.320 e. The van der Waals surface area contributed by atoms with Gasteiger partial charge in [-0.05, 0) is 31.4 Å². The Balaban J connectivity index is 2.25. The van der Waals surface area contributed by atoms with E-state index in [1.54, 1.807) is 24.3 Å². The maximum atomic E-state index is 11.9. The van der Waals surface area contributed by atoms with Crippen molar-refractivity contribution in [2.24, 2.45) is 5.73 Å². The number of nitrogens with two attached hydrogens (primary N) is 1. The Labute approximate surface area is 118 Å². The summed E-state index contributed by atoms with van der Waals surface area (Å²) in [5, 5.41) is 11.4. The number of carboxylic acids is 1. The number of carboxylic acid groups (broad SMARTS) is 1. The van der Waals surface area contributed by atoms with Gasteiger partial charge in [-0.25, -0.2) is 0 Å². The number of unbranched alkanes of at least 4 members (excludes halogenated alkanes) is 1. The van der Waals surface area contributed by atoms with Crippen LogP contribution in [0.1, 0.15) is 19.3 Å². The van der Waals surface area contributed by atoms with Crippen LogP contribution in [-0.2, 0) is 9.59 Å². The Morgan fingerprint density at radius 3 is 2.60 bits per heavy atom. The summed E-state index contributed by atoms with van der Waals surface area (Å²) in [4.78, 5) is 22.4. The van der Waals surface area contributed by atoms with E-state index in [-0.39, 0.29) is 5.91 Å². The lowest BCUT2D eigenvalue weighted by Crippen LogP contribution is -2.30. The first-order valence-electron chi connectivity index (χ1n) is 6.59. The molecule has 0 heterocycles. The van der Waals surface area contributed by atoms with Crippen molar-refractivity contribution in [2.75, 3.05) is 6.54 Å². The maximum absolute atomic E-state index is 11.9. The number of carbonyl (C=O) groups is 2. The molecular formula is C15H20N2O3. The Morgan fingerprint density at radius 2 is 1.85 bits per heavy atom. The van der Waals surface area contributed by atoms with Gasteiger partial charge in [0, 0.05) is 12.1 Å². The third-order valence-corrected chi connectivity index (χ3v) is 2.80. The van der Waals surface area contributed by atoms with E-state index in [1.807, 2.05) is 18.2 Å². The van der Waals surface area contributed by atoms with Crippen LogP contribution in [0, 0.1) is 0 Å². The fourth-order valence-electron chi connectivity index (χ4n) is 1.63. The molecule has 4 N–H and O–H groups in total. The molecule has 1 rings (SSSR count). The summed E-state index contributed by atoms with van der Waals surface area (Å²) < 4.78 is 0. The molecule has 0 saturated carbocycles.